The van der Waals surface area contributed by atoms with E-state index in [4.69, 9.17) is 9.47 Å². The number of carbonyl (C=O) groups excluding carboxylic acids is 3. The first-order valence-corrected chi connectivity index (χ1v) is 14.2. The third kappa shape index (κ3) is 7.01. The zero-order valence-electron chi connectivity index (χ0n) is 24.8. The Morgan fingerprint density at radius 1 is 1.18 bits per heavy atom. The van der Waals surface area contributed by atoms with Crippen molar-refractivity contribution in [2.45, 2.75) is 85.5 Å². The lowest BCUT2D eigenvalue weighted by Crippen LogP contribution is -2.45. The van der Waals surface area contributed by atoms with Crippen LogP contribution in [0.2, 0.25) is 0 Å². The van der Waals surface area contributed by atoms with E-state index in [1.54, 1.807) is 32.6 Å². The van der Waals surface area contributed by atoms with Gasteiger partial charge in [-0.15, -0.1) is 0 Å². The number of rotatable bonds is 2. The number of aryl methyl sites for hydroxylation is 2. The van der Waals surface area contributed by atoms with Gasteiger partial charge in [0.1, 0.15) is 17.7 Å². The SMILES string of the molecule is CCOC(=O)N1CCC[C@H](C)[C@H](O)[C@@H](C)C(=O)C(C)(C)[C@@H](O)CC(=O)O[C@H](c2ccc3c(c2)nc(C)n3C)CC1. The smallest absolute Gasteiger partial charge is 0.409 e. The number of Topliss-reactive ketones (excluding diaryl/α,β-unsaturated/α-hetero) is 1. The molecular formula is C30H45N3O7. The van der Waals surface area contributed by atoms with E-state index < -0.39 is 41.7 Å². The highest BCUT2D eigenvalue weighted by atomic mass is 16.6. The summed E-state index contributed by atoms with van der Waals surface area (Å²) < 4.78 is 13.2. The van der Waals surface area contributed by atoms with E-state index in [0.717, 1.165) is 22.4 Å². The second-order valence-electron chi connectivity index (χ2n) is 11.6. The Kier molecular flexibility index (Phi) is 10.3. The average molecular weight is 560 g/mol. The number of fused-ring (bicyclic) bond motifs is 1. The van der Waals surface area contributed by atoms with Crippen molar-refractivity contribution in [2.24, 2.45) is 24.3 Å². The van der Waals surface area contributed by atoms with Crippen LogP contribution in [-0.4, -0.2) is 74.4 Å². The molecule has 1 saturated heterocycles. The lowest BCUT2D eigenvalue weighted by atomic mass is 9.73. The molecule has 0 spiro atoms. The summed E-state index contributed by atoms with van der Waals surface area (Å²) >= 11 is 0. The van der Waals surface area contributed by atoms with Crippen LogP contribution in [0.15, 0.2) is 18.2 Å². The Balaban J connectivity index is 1.96. The number of ketones is 1. The summed E-state index contributed by atoms with van der Waals surface area (Å²) in [5.74, 6) is -1.09. The molecule has 1 fully saturated rings. The minimum Gasteiger partial charge on any atom is -0.457 e. The average Bonchev–Trinajstić information content (AvgIpc) is 3.19. The van der Waals surface area contributed by atoms with Crippen LogP contribution in [0.5, 0.6) is 0 Å². The fourth-order valence-electron chi connectivity index (χ4n) is 5.41. The quantitative estimate of drug-likeness (QED) is 0.526. The molecule has 40 heavy (non-hydrogen) atoms. The number of aliphatic hydroxyl groups is 2. The van der Waals surface area contributed by atoms with Crippen molar-refractivity contribution in [3.05, 3.63) is 29.6 Å². The van der Waals surface area contributed by atoms with Gasteiger partial charge in [-0.05, 0) is 50.3 Å². The second-order valence-corrected chi connectivity index (χ2v) is 11.6. The van der Waals surface area contributed by atoms with Crippen LogP contribution >= 0.6 is 0 Å². The van der Waals surface area contributed by atoms with Crippen molar-refractivity contribution >= 4 is 28.9 Å². The van der Waals surface area contributed by atoms with Crippen LogP contribution in [0, 0.1) is 24.2 Å². The van der Waals surface area contributed by atoms with Gasteiger partial charge in [0.15, 0.2) is 0 Å². The molecule has 0 unspecified atom stereocenters. The van der Waals surface area contributed by atoms with Crippen molar-refractivity contribution in [3.8, 4) is 0 Å². The summed E-state index contributed by atoms with van der Waals surface area (Å²) in [6.07, 6.45) is -2.31. The van der Waals surface area contributed by atoms with E-state index in [2.05, 4.69) is 4.98 Å². The lowest BCUT2D eigenvalue weighted by Gasteiger charge is -2.35. The molecule has 10 nitrogen and oxygen atoms in total. The summed E-state index contributed by atoms with van der Waals surface area (Å²) in [5, 5.41) is 21.9. The van der Waals surface area contributed by atoms with Crippen LogP contribution in [0.1, 0.15) is 77.8 Å². The van der Waals surface area contributed by atoms with Gasteiger partial charge in [0.25, 0.3) is 0 Å². The number of nitrogens with zero attached hydrogens (tertiary/aromatic N) is 3. The third-order valence-electron chi connectivity index (χ3n) is 8.39. The first-order chi connectivity index (χ1) is 18.8. The maximum Gasteiger partial charge on any atom is 0.409 e. The highest BCUT2D eigenvalue weighted by molar-refractivity contribution is 5.88. The molecule has 0 radical (unpaired) electrons. The second kappa shape index (κ2) is 13.1. The molecule has 1 aliphatic rings. The summed E-state index contributed by atoms with van der Waals surface area (Å²) in [5.41, 5.74) is 1.15. The first kappa shape index (κ1) is 31.5. The van der Waals surface area contributed by atoms with Gasteiger partial charge < -0.3 is 29.2 Å². The van der Waals surface area contributed by atoms with Crippen molar-refractivity contribution in [2.75, 3.05) is 19.7 Å². The molecule has 1 aliphatic heterocycles. The van der Waals surface area contributed by atoms with Crippen molar-refractivity contribution in [1.82, 2.24) is 14.5 Å². The van der Waals surface area contributed by atoms with Crippen LogP contribution < -0.4 is 0 Å². The zero-order valence-corrected chi connectivity index (χ0v) is 24.8. The van der Waals surface area contributed by atoms with E-state index in [9.17, 15) is 24.6 Å². The fraction of sp³-hybridized carbons (Fsp3) is 0.667. The van der Waals surface area contributed by atoms with Gasteiger partial charge in [0.05, 0.1) is 41.7 Å². The normalized spacial score (nSPS) is 27.4. The number of hydrogen-bond acceptors (Lipinski definition) is 8. The molecule has 10 heteroatoms. The number of carbonyl (C=O) groups is 3. The Hall–Kier alpha value is -2.98. The number of imidazole rings is 1. The number of aromatic nitrogens is 2. The molecule has 1 aromatic heterocycles. The Labute approximate surface area is 236 Å². The van der Waals surface area contributed by atoms with E-state index in [-0.39, 0.29) is 31.3 Å². The van der Waals surface area contributed by atoms with E-state index in [0.29, 0.717) is 25.8 Å². The number of ether oxygens (including phenoxy) is 2. The van der Waals surface area contributed by atoms with Crippen molar-refractivity contribution in [3.63, 3.8) is 0 Å². The minimum atomic E-state index is -1.30. The lowest BCUT2D eigenvalue weighted by molar-refractivity contribution is -0.156. The number of aliphatic hydroxyl groups excluding tert-OH is 2. The van der Waals surface area contributed by atoms with Crippen LogP contribution in [0.4, 0.5) is 4.79 Å². The molecule has 1 amide bonds. The van der Waals surface area contributed by atoms with Crippen LogP contribution in [0.25, 0.3) is 11.0 Å². The van der Waals surface area contributed by atoms with Crippen LogP contribution in [-0.2, 0) is 26.1 Å². The molecule has 0 saturated carbocycles. The van der Waals surface area contributed by atoms with E-state index >= 15 is 0 Å². The minimum absolute atomic E-state index is 0.213. The zero-order chi connectivity index (χ0) is 29.8. The van der Waals surface area contributed by atoms with Crippen molar-refractivity contribution < 1.29 is 34.1 Å². The number of cyclic esters (lactones) is 1. The highest BCUT2D eigenvalue weighted by Crippen LogP contribution is 2.33. The van der Waals surface area contributed by atoms with E-state index in [1.807, 2.05) is 43.7 Å². The van der Waals surface area contributed by atoms with Gasteiger partial charge in [-0.1, -0.05) is 33.8 Å². The largest absolute Gasteiger partial charge is 0.457 e. The monoisotopic (exact) mass is 559 g/mol. The molecule has 0 aliphatic carbocycles. The van der Waals surface area contributed by atoms with Gasteiger partial charge in [0.2, 0.25) is 0 Å². The molecule has 3 rings (SSSR count). The molecular weight excluding hydrogens is 514 g/mol. The number of amides is 1. The number of hydrogen-bond donors (Lipinski definition) is 2. The molecule has 0 bridgehead atoms. The van der Waals surface area contributed by atoms with Gasteiger partial charge in [0, 0.05) is 32.5 Å². The number of benzene rings is 1. The molecule has 2 heterocycles. The molecule has 222 valence electrons. The summed E-state index contributed by atoms with van der Waals surface area (Å²) in [4.78, 5) is 45.4. The Morgan fingerprint density at radius 3 is 2.55 bits per heavy atom. The maximum absolute atomic E-state index is 13.3. The fourth-order valence-corrected chi connectivity index (χ4v) is 5.41. The third-order valence-corrected chi connectivity index (χ3v) is 8.39. The summed E-state index contributed by atoms with van der Waals surface area (Å²) in [6, 6.07) is 5.68. The van der Waals surface area contributed by atoms with Gasteiger partial charge in [-0.3, -0.25) is 9.59 Å². The maximum atomic E-state index is 13.3. The standard InChI is InChI=1S/C30H45N3O7/c1-8-39-29(38)33-14-9-10-18(2)27(36)19(3)28(37)30(5,6)25(34)17-26(35)40-24(13-15-33)21-11-12-23-22(16-21)31-20(4)32(23)7/h11-12,16,18-19,24-25,27,34,36H,8-10,13-15,17H2,1-7H3/t18-,19+,24-,25-,27-/m0/s1. The summed E-state index contributed by atoms with van der Waals surface area (Å²) in [7, 11) is 1.93. The molecule has 2 aromatic rings. The van der Waals surface area contributed by atoms with Crippen LogP contribution in [0.3, 0.4) is 0 Å². The van der Waals surface area contributed by atoms with Gasteiger partial charge in [-0.25, -0.2) is 9.78 Å². The summed E-state index contributed by atoms with van der Waals surface area (Å²) in [6.45, 7) is 11.3. The molecule has 2 N–H and O–H groups in total. The highest BCUT2D eigenvalue weighted by Gasteiger charge is 2.42. The predicted octanol–water partition coefficient (Wildman–Crippen LogP) is 4.09. The van der Waals surface area contributed by atoms with Gasteiger partial charge >= 0.3 is 12.1 Å². The topological polar surface area (TPSA) is 131 Å². The Bertz CT molecular complexity index is 1210. The first-order valence-electron chi connectivity index (χ1n) is 14.2. The number of esters is 1. The van der Waals surface area contributed by atoms with Gasteiger partial charge in [-0.2, -0.15) is 0 Å². The predicted molar refractivity (Wildman–Crippen MR) is 150 cm³/mol. The molecule has 1 aromatic carbocycles. The Morgan fingerprint density at radius 2 is 1.88 bits per heavy atom. The molecule has 5 atom stereocenters. The van der Waals surface area contributed by atoms with E-state index in [1.165, 1.54) is 0 Å². The van der Waals surface area contributed by atoms with Crippen molar-refractivity contribution in [1.29, 1.82) is 0 Å².